The predicted molar refractivity (Wildman–Crippen MR) is 88.5 cm³/mol. The SMILES string of the molecule is COc1ccc(CCNS(=O)(=O)Cc2ccc(F)cc2)cc1C. The maximum Gasteiger partial charge on any atom is 0.215 e. The van der Waals surface area contributed by atoms with Crippen LogP contribution < -0.4 is 9.46 Å². The van der Waals surface area contributed by atoms with E-state index in [1.54, 1.807) is 7.11 Å². The summed E-state index contributed by atoms with van der Waals surface area (Å²) in [5.74, 6) is 0.272. The van der Waals surface area contributed by atoms with E-state index in [0.717, 1.165) is 16.9 Å². The molecule has 1 N–H and O–H groups in total. The third-order valence-electron chi connectivity index (χ3n) is 3.46. The second-order valence-electron chi connectivity index (χ2n) is 5.33. The van der Waals surface area contributed by atoms with Gasteiger partial charge in [0.05, 0.1) is 12.9 Å². The number of sulfonamides is 1. The summed E-state index contributed by atoms with van der Waals surface area (Å²) in [6, 6.07) is 11.2. The molecule has 0 heterocycles. The van der Waals surface area contributed by atoms with Gasteiger partial charge in [0.2, 0.25) is 10.0 Å². The maximum absolute atomic E-state index is 12.8. The minimum absolute atomic E-state index is 0.158. The number of rotatable bonds is 7. The Bertz CT molecular complexity index is 758. The van der Waals surface area contributed by atoms with Crippen molar-refractivity contribution in [2.45, 2.75) is 19.1 Å². The highest BCUT2D eigenvalue weighted by molar-refractivity contribution is 7.88. The first-order valence-corrected chi connectivity index (χ1v) is 8.90. The highest BCUT2D eigenvalue weighted by Crippen LogP contribution is 2.18. The molecule has 0 amide bonds. The van der Waals surface area contributed by atoms with Gasteiger partial charge in [0.15, 0.2) is 0 Å². The van der Waals surface area contributed by atoms with E-state index < -0.39 is 10.0 Å². The molecular formula is C17H20FNO3S. The van der Waals surface area contributed by atoms with E-state index >= 15 is 0 Å². The number of ether oxygens (including phenoxy) is 1. The molecule has 0 aliphatic carbocycles. The number of hydrogen-bond acceptors (Lipinski definition) is 3. The van der Waals surface area contributed by atoms with Crippen molar-refractivity contribution in [1.29, 1.82) is 0 Å². The Kier molecular flexibility index (Phi) is 5.74. The standard InChI is InChI=1S/C17H20FNO3S/c1-13-11-14(5-8-17(13)22-2)9-10-19-23(20,21)12-15-3-6-16(18)7-4-15/h3-8,11,19H,9-10,12H2,1-2H3. The molecule has 0 radical (unpaired) electrons. The highest BCUT2D eigenvalue weighted by atomic mass is 32.2. The van der Waals surface area contributed by atoms with Crippen molar-refractivity contribution in [3.63, 3.8) is 0 Å². The van der Waals surface area contributed by atoms with Crippen molar-refractivity contribution >= 4 is 10.0 Å². The Morgan fingerprint density at radius 2 is 1.74 bits per heavy atom. The summed E-state index contributed by atoms with van der Waals surface area (Å²) in [7, 11) is -1.82. The number of methoxy groups -OCH3 is 1. The van der Waals surface area contributed by atoms with Crippen LogP contribution in [-0.4, -0.2) is 22.1 Å². The lowest BCUT2D eigenvalue weighted by atomic mass is 10.1. The van der Waals surface area contributed by atoms with Crippen LogP contribution in [0.3, 0.4) is 0 Å². The molecule has 4 nitrogen and oxygen atoms in total. The summed E-state index contributed by atoms with van der Waals surface area (Å²) in [5, 5.41) is 0. The average Bonchev–Trinajstić information content (AvgIpc) is 2.49. The topological polar surface area (TPSA) is 55.4 Å². The van der Waals surface area contributed by atoms with Crippen LogP contribution in [0.1, 0.15) is 16.7 Å². The summed E-state index contributed by atoms with van der Waals surface area (Å²) in [4.78, 5) is 0. The molecule has 6 heteroatoms. The minimum atomic E-state index is -3.44. The molecule has 0 saturated heterocycles. The fourth-order valence-electron chi connectivity index (χ4n) is 2.30. The van der Waals surface area contributed by atoms with Crippen molar-refractivity contribution in [2.75, 3.05) is 13.7 Å². The third-order valence-corrected chi connectivity index (χ3v) is 4.82. The summed E-state index contributed by atoms with van der Waals surface area (Å²) in [6.45, 7) is 2.26. The van der Waals surface area contributed by atoms with Gasteiger partial charge in [0.25, 0.3) is 0 Å². The molecule has 0 spiro atoms. The summed E-state index contributed by atoms with van der Waals surface area (Å²) in [5.41, 5.74) is 2.60. The van der Waals surface area contributed by atoms with Crippen LogP contribution in [0.5, 0.6) is 5.75 Å². The van der Waals surface area contributed by atoms with Crippen molar-refractivity contribution in [3.8, 4) is 5.75 Å². The molecule has 23 heavy (non-hydrogen) atoms. The lowest BCUT2D eigenvalue weighted by molar-refractivity contribution is 0.411. The normalized spacial score (nSPS) is 11.4. The Morgan fingerprint density at radius 3 is 2.35 bits per heavy atom. The van der Waals surface area contributed by atoms with Crippen LogP contribution in [0, 0.1) is 12.7 Å². The second kappa shape index (κ2) is 7.57. The molecule has 2 aromatic rings. The zero-order valence-corrected chi connectivity index (χ0v) is 14.0. The summed E-state index contributed by atoms with van der Waals surface area (Å²) < 4.78 is 44.6. The fraction of sp³-hybridized carbons (Fsp3) is 0.294. The maximum atomic E-state index is 12.8. The van der Waals surface area contributed by atoms with Crippen LogP contribution in [0.4, 0.5) is 4.39 Å². The Balaban J connectivity index is 1.89. The first-order valence-electron chi connectivity index (χ1n) is 7.25. The van der Waals surface area contributed by atoms with Crippen molar-refractivity contribution in [1.82, 2.24) is 4.72 Å². The van der Waals surface area contributed by atoms with Gasteiger partial charge in [-0.1, -0.05) is 24.3 Å². The Hall–Kier alpha value is -1.92. The zero-order chi connectivity index (χ0) is 16.9. The molecule has 0 aliphatic rings. The molecule has 2 rings (SSSR count). The monoisotopic (exact) mass is 337 g/mol. The molecule has 0 unspecified atom stereocenters. The quantitative estimate of drug-likeness (QED) is 0.845. The van der Waals surface area contributed by atoms with E-state index in [1.165, 1.54) is 24.3 Å². The first-order chi connectivity index (χ1) is 10.9. The second-order valence-corrected chi connectivity index (χ2v) is 7.14. The summed E-state index contributed by atoms with van der Waals surface area (Å²) in [6.07, 6.45) is 0.591. The van der Waals surface area contributed by atoms with Gasteiger partial charge in [0, 0.05) is 6.54 Å². The zero-order valence-electron chi connectivity index (χ0n) is 13.2. The van der Waals surface area contributed by atoms with Gasteiger partial charge in [0.1, 0.15) is 11.6 Å². The number of halogens is 1. The Morgan fingerprint density at radius 1 is 1.09 bits per heavy atom. The van der Waals surface area contributed by atoms with E-state index in [-0.39, 0.29) is 11.6 Å². The van der Waals surface area contributed by atoms with Crippen LogP contribution in [0.2, 0.25) is 0 Å². The van der Waals surface area contributed by atoms with Gasteiger partial charge in [-0.3, -0.25) is 0 Å². The van der Waals surface area contributed by atoms with E-state index in [2.05, 4.69) is 4.72 Å². The van der Waals surface area contributed by atoms with Gasteiger partial charge < -0.3 is 4.74 Å². The average molecular weight is 337 g/mol. The lowest BCUT2D eigenvalue weighted by Crippen LogP contribution is -2.27. The molecule has 0 fully saturated rings. The number of nitrogens with one attached hydrogen (secondary N) is 1. The number of aryl methyl sites for hydroxylation is 1. The van der Waals surface area contributed by atoms with Gasteiger partial charge in [-0.25, -0.2) is 17.5 Å². The largest absolute Gasteiger partial charge is 0.496 e. The Labute approximate surface area is 136 Å². The third kappa shape index (κ3) is 5.33. The van der Waals surface area contributed by atoms with Gasteiger partial charge >= 0.3 is 0 Å². The van der Waals surface area contributed by atoms with Crippen LogP contribution in [0.25, 0.3) is 0 Å². The van der Waals surface area contributed by atoms with Gasteiger partial charge in [-0.05, 0) is 48.2 Å². The molecule has 0 bridgehead atoms. The number of hydrogen-bond donors (Lipinski definition) is 1. The molecule has 0 atom stereocenters. The van der Waals surface area contributed by atoms with Crippen molar-refractivity contribution < 1.29 is 17.5 Å². The highest BCUT2D eigenvalue weighted by Gasteiger charge is 2.11. The van der Waals surface area contributed by atoms with E-state index in [4.69, 9.17) is 4.74 Å². The van der Waals surface area contributed by atoms with E-state index in [0.29, 0.717) is 18.5 Å². The number of benzene rings is 2. The lowest BCUT2D eigenvalue weighted by Gasteiger charge is -2.09. The smallest absolute Gasteiger partial charge is 0.215 e. The van der Waals surface area contributed by atoms with Crippen LogP contribution in [0.15, 0.2) is 42.5 Å². The molecule has 0 aliphatic heterocycles. The minimum Gasteiger partial charge on any atom is -0.496 e. The van der Waals surface area contributed by atoms with Crippen molar-refractivity contribution in [2.24, 2.45) is 0 Å². The molecule has 124 valence electrons. The first kappa shape index (κ1) is 17.4. The van der Waals surface area contributed by atoms with Crippen LogP contribution in [-0.2, 0) is 22.2 Å². The van der Waals surface area contributed by atoms with E-state index in [1.807, 2.05) is 25.1 Å². The van der Waals surface area contributed by atoms with Gasteiger partial charge in [-0.15, -0.1) is 0 Å². The fourth-order valence-corrected chi connectivity index (χ4v) is 3.44. The molecular weight excluding hydrogens is 317 g/mol. The van der Waals surface area contributed by atoms with Gasteiger partial charge in [-0.2, -0.15) is 0 Å². The molecule has 2 aromatic carbocycles. The molecule has 0 aromatic heterocycles. The molecule has 0 saturated carbocycles. The summed E-state index contributed by atoms with van der Waals surface area (Å²) >= 11 is 0. The van der Waals surface area contributed by atoms with Crippen LogP contribution >= 0.6 is 0 Å². The van der Waals surface area contributed by atoms with Crippen molar-refractivity contribution in [3.05, 3.63) is 65.0 Å². The van der Waals surface area contributed by atoms with E-state index in [9.17, 15) is 12.8 Å². The predicted octanol–water partition coefficient (Wildman–Crippen LogP) is 2.80.